The molecule has 0 aromatic heterocycles. The lowest BCUT2D eigenvalue weighted by molar-refractivity contribution is -0.120. The summed E-state index contributed by atoms with van der Waals surface area (Å²) < 4.78 is 11.4. The Morgan fingerprint density at radius 3 is 2.06 bits per heavy atom. The first-order valence-electron chi connectivity index (χ1n) is 17.1. The maximum atomic E-state index is 14.4. The molecule has 0 radical (unpaired) electrons. The molecular weight excluding hydrogens is 610 g/mol. The van der Waals surface area contributed by atoms with Gasteiger partial charge in [-0.3, -0.25) is 14.4 Å². The van der Waals surface area contributed by atoms with Gasteiger partial charge in [0.25, 0.3) is 5.91 Å². The minimum absolute atomic E-state index is 0.0444. The van der Waals surface area contributed by atoms with Crippen LogP contribution in [-0.4, -0.2) is 119 Å². The summed E-state index contributed by atoms with van der Waals surface area (Å²) in [4.78, 5) is 46.2. The third-order valence-corrected chi connectivity index (χ3v) is 8.73. The fraction of sp³-hybridized carbons (Fsp3) is 0.649. The van der Waals surface area contributed by atoms with Crippen molar-refractivity contribution in [2.45, 2.75) is 78.1 Å². The van der Waals surface area contributed by atoms with Crippen LogP contribution in [0.3, 0.4) is 0 Å². The van der Waals surface area contributed by atoms with Gasteiger partial charge in [0.15, 0.2) is 0 Å². The molecule has 0 spiro atoms. The Hall–Kier alpha value is -3.09. The van der Waals surface area contributed by atoms with Crippen LogP contribution < -0.4 is 16.0 Å². The van der Waals surface area contributed by atoms with Crippen LogP contribution in [0.5, 0.6) is 0 Å². The first-order chi connectivity index (χ1) is 22.7. The van der Waals surface area contributed by atoms with Crippen LogP contribution in [0.2, 0.25) is 0 Å². The molecule has 11 heteroatoms. The number of methoxy groups -OCH3 is 2. The maximum absolute atomic E-state index is 14.4. The number of ketones is 2. The second kappa shape index (κ2) is 20.4. The highest BCUT2D eigenvalue weighted by molar-refractivity contribution is 6.25. The van der Waals surface area contributed by atoms with Gasteiger partial charge in [0, 0.05) is 44.4 Å². The molecule has 0 aromatic rings. The summed E-state index contributed by atoms with van der Waals surface area (Å²) in [6.45, 7) is 10.2. The molecular formula is C37H61N5O6. The van der Waals surface area contributed by atoms with E-state index < -0.39 is 23.9 Å². The smallest absolute Gasteiger partial charge is 0.251 e. The lowest BCUT2D eigenvalue weighted by Gasteiger charge is -2.30. The van der Waals surface area contributed by atoms with E-state index in [1.54, 1.807) is 33.3 Å². The minimum Gasteiger partial charge on any atom is -0.390 e. The molecule has 0 saturated carbocycles. The molecule has 0 fully saturated rings. The third-order valence-electron chi connectivity index (χ3n) is 8.73. The predicted molar refractivity (Wildman–Crippen MR) is 191 cm³/mol. The van der Waals surface area contributed by atoms with E-state index in [9.17, 15) is 19.5 Å². The van der Waals surface area contributed by atoms with Gasteiger partial charge >= 0.3 is 0 Å². The number of carbonyl (C=O) groups excluding carboxylic acids is 3. The van der Waals surface area contributed by atoms with Gasteiger partial charge in [-0.15, -0.1) is 0 Å². The van der Waals surface area contributed by atoms with Crippen LogP contribution in [0.15, 0.2) is 58.1 Å². The second-order valence-electron chi connectivity index (χ2n) is 13.8. The predicted octanol–water partition coefficient (Wildman–Crippen LogP) is 3.10. The van der Waals surface area contributed by atoms with Crippen molar-refractivity contribution in [3.63, 3.8) is 0 Å². The van der Waals surface area contributed by atoms with Crippen molar-refractivity contribution in [2.75, 3.05) is 68.6 Å². The first kappa shape index (κ1) is 41.1. The van der Waals surface area contributed by atoms with Gasteiger partial charge in [-0.25, -0.2) is 0 Å². The Bertz CT molecular complexity index is 1260. The van der Waals surface area contributed by atoms with Crippen molar-refractivity contribution in [3.05, 3.63) is 58.1 Å². The fourth-order valence-corrected chi connectivity index (χ4v) is 5.96. The third kappa shape index (κ3) is 12.7. The number of hydrogen-bond acceptors (Lipinski definition) is 10. The summed E-state index contributed by atoms with van der Waals surface area (Å²) in [7, 11) is 11.1. The summed E-state index contributed by atoms with van der Waals surface area (Å²) in [5.41, 5.74) is 2.05. The van der Waals surface area contributed by atoms with Crippen molar-refractivity contribution in [2.24, 2.45) is 11.8 Å². The van der Waals surface area contributed by atoms with Crippen molar-refractivity contribution >= 4 is 17.5 Å². The second-order valence-corrected chi connectivity index (χ2v) is 13.8. The van der Waals surface area contributed by atoms with Crippen LogP contribution in [0.25, 0.3) is 0 Å². The maximum Gasteiger partial charge on any atom is 0.251 e. The zero-order valence-electron chi connectivity index (χ0n) is 30.9. The number of amides is 1. The summed E-state index contributed by atoms with van der Waals surface area (Å²) in [5.74, 6) is -1.56. The first-order valence-corrected chi connectivity index (χ1v) is 17.1. The van der Waals surface area contributed by atoms with Gasteiger partial charge in [-0.05, 0) is 93.1 Å². The number of ether oxygens (including phenoxy) is 2. The number of Topliss-reactive ketones (excluding diaryl/α,β-unsaturated/α-hetero) is 2. The van der Waals surface area contributed by atoms with Gasteiger partial charge < -0.3 is 40.3 Å². The average molecular weight is 672 g/mol. The van der Waals surface area contributed by atoms with E-state index >= 15 is 0 Å². The summed E-state index contributed by atoms with van der Waals surface area (Å²) in [5, 5.41) is 20.6. The Kier molecular flexibility index (Phi) is 17.5. The highest BCUT2D eigenvalue weighted by Gasteiger charge is 2.37. The molecule has 1 amide bonds. The molecule has 11 nitrogen and oxygen atoms in total. The molecule has 270 valence electrons. The van der Waals surface area contributed by atoms with Gasteiger partial charge in [0.05, 0.1) is 24.0 Å². The lowest BCUT2D eigenvalue weighted by Crippen LogP contribution is -2.43. The van der Waals surface area contributed by atoms with E-state index in [1.807, 2.05) is 66.0 Å². The van der Waals surface area contributed by atoms with Gasteiger partial charge in [-0.2, -0.15) is 0 Å². The zero-order valence-corrected chi connectivity index (χ0v) is 30.9. The molecule has 2 rings (SSSR count). The molecule has 1 aliphatic heterocycles. The van der Waals surface area contributed by atoms with Crippen LogP contribution in [0.4, 0.5) is 0 Å². The topological polar surface area (TPSA) is 132 Å². The van der Waals surface area contributed by atoms with Crippen molar-refractivity contribution in [1.29, 1.82) is 0 Å². The van der Waals surface area contributed by atoms with Crippen LogP contribution in [-0.2, 0) is 23.9 Å². The zero-order chi connectivity index (χ0) is 36.0. The molecule has 4 N–H and O–H groups in total. The number of nitrogens with zero attached hydrogens (tertiary/aromatic N) is 2. The van der Waals surface area contributed by atoms with Gasteiger partial charge in [0.1, 0.15) is 11.4 Å². The van der Waals surface area contributed by atoms with Gasteiger partial charge in [0.2, 0.25) is 11.6 Å². The highest BCUT2D eigenvalue weighted by Crippen LogP contribution is 2.30. The van der Waals surface area contributed by atoms with Crippen molar-refractivity contribution < 1.29 is 29.0 Å². The van der Waals surface area contributed by atoms with E-state index in [1.165, 1.54) is 0 Å². The number of carbonyl (C=O) groups is 3. The number of rotatable bonds is 12. The molecule has 5 atom stereocenters. The van der Waals surface area contributed by atoms with E-state index in [0.29, 0.717) is 37.1 Å². The summed E-state index contributed by atoms with van der Waals surface area (Å²) in [6, 6.07) is 0. The Morgan fingerprint density at radius 2 is 1.50 bits per heavy atom. The molecule has 0 saturated heterocycles. The number of hydrogen-bond donors (Lipinski definition) is 4. The largest absolute Gasteiger partial charge is 0.390 e. The van der Waals surface area contributed by atoms with Crippen LogP contribution in [0.1, 0.15) is 59.8 Å². The Morgan fingerprint density at radius 1 is 0.896 bits per heavy atom. The van der Waals surface area contributed by atoms with E-state index in [2.05, 4.69) is 20.9 Å². The SMILES string of the molecule is CO[C@@H]1/C=C/C=C(/C)C(=O)NC2=C(NCCCN(C)C)C(=O)C(NCCCN(C)C)=C(C[C@@H](C)C[C@H](OC)[C@H](O)[C@@H](C)/C=C(\C)C1)C2=O. The Balaban J connectivity index is 2.65. The average Bonchev–Trinajstić information content (AvgIpc) is 3.02. The number of fused-ring (bicyclic) bond motifs is 2. The molecule has 0 aromatic carbocycles. The van der Waals surface area contributed by atoms with Gasteiger partial charge in [-0.1, -0.05) is 43.7 Å². The molecule has 0 unspecified atom stereocenters. The molecule has 2 bridgehead atoms. The monoisotopic (exact) mass is 671 g/mol. The van der Waals surface area contributed by atoms with E-state index in [0.717, 1.165) is 31.5 Å². The van der Waals surface area contributed by atoms with E-state index in [4.69, 9.17) is 9.47 Å². The molecule has 1 aliphatic carbocycles. The minimum atomic E-state index is -0.786. The summed E-state index contributed by atoms with van der Waals surface area (Å²) >= 11 is 0. The normalized spacial score (nSPS) is 28.3. The highest BCUT2D eigenvalue weighted by atomic mass is 16.5. The number of nitrogens with one attached hydrogen (secondary N) is 3. The molecule has 48 heavy (non-hydrogen) atoms. The molecule has 2 aliphatic rings. The van der Waals surface area contributed by atoms with Crippen molar-refractivity contribution in [1.82, 2.24) is 25.8 Å². The van der Waals surface area contributed by atoms with E-state index in [-0.39, 0.29) is 47.2 Å². The van der Waals surface area contributed by atoms with Crippen molar-refractivity contribution in [3.8, 4) is 0 Å². The standard InChI is InChI=1S/C37H61N5O6/c1-24-20-27(4)34(43)30(48-10)23-25(2)22-29-31(38-16-12-18-41(5)6)36(45)32(39-17-13-19-42(7)8)33(35(29)44)40-37(46)26(3)14-11-15-28(21-24)47-9/h11,14-15,20,25,27-28,30,34,38-39,43H,12-13,16-19,21-23H2,1-10H3,(H,40,46)/b15-11+,24-20+,26-14-/t25-,27+,28-,30+,34-/m1/s1. The number of aliphatic hydroxyl groups excluding tert-OH is 1. The molecule has 1 heterocycles. The quantitative estimate of drug-likeness (QED) is 0.139. The van der Waals surface area contributed by atoms with Crippen LogP contribution in [0, 0.1) is 11.8 Å². The lowest BCUT2D eigenvalue weighted by atomic mass is 9.84. The number of aliphatic hydroxyl groups is 1. The van der Waals surface area contributed by atoms with Crippen LogP contribution >= 0.6 is 0 Å². The Labute approximate surface area is 288 Å². The fourth-order valence-electron chi connectivity index (χ4n) is 5.96. The number of allylic oxidation sites excluding steroid dienone is 3. The summed E-state index contributed by atoms with van der Waals surface area (Å²) in [6.07, 6.45) is 8.63.